The quantitative estimate of drug-likeness (QED) is 0.689. The smallest absolute Gasteiger partial charge is 0.247 e. The predicted octanol–water partition coefficient (Wildman–Crippen LogP) is 4.44. The van der Waals surface area contributed by atoms with Crippen LogP contribution in [-0.4, -0.2) is 27.9 Å². The second kappa shape index (κ2) is 7.83. The Balaban J connectivity index is 1.68. The number of carbonyl (C=O) groups excluding carboxylic acids is 1. The van der Waals surface area contributed by atoms with Gasteiger partial charge in [-0.3, -0.25) is 4.79 Å². The zero-order chi connectivity index (χ0) is 17.8. The van der Waals surface area contributed by atoms with Crippen LogP contribution in [0.4, 0.5) is 0 Å². The minimum absolute atomic E-state index is 0.0717. The van der Waals surface area contributed by atoms with E-state index in [-0.39, 0.29) is 11.9 Å². The minimum Gasteiger partial charge on any atom is -0.487 e. The second-order valence-corrected chi connectivity index (χ2v) is 7.65. The van der Waals surface area contributed by atoms with Crippen molar-refractivity contribution >= 4 is 23.3 Å². The van der Waals surface area contributed by atoms with E-state index in [1.807, 2.05) is 47.5 Å². The third kappa shape index (κ3) is 4.69. The maximum Gasteiger partial charge on any atom is 0.247 e. The second-order valence-electron chi connectivity index (χ2n) is 6.59. The molecule has 0 N–H and O–H groups in total. The first-order chi connectivity index (χ1) is 12.0. The Bertz CT molecular complexity index is 761. The van der Waals surface area contributed by atoms with Crippen LogP contribution in [-0.2, 0) is 11.4 Å². The van der Waals surface area contributed by atoms with Crippen molar-refractivity contribution in [3.8, 4) is 5.75 Å². The predicted molar refractivity (Wildman–Crippen MR) is 102 cm³/mol. The molecule has 4 nitrogen and oxygen atoms in total. The fourth-order valence-electron chi connectivity index (χ4n) is 2.83. The van der Waals surface area contributed by atoms with E-state index in [9.17, 15) is 4.79 Å². The van der Waals surface area contributed by atoms with Crippen LogP contribution in [0.25, 0.3) is 6.08 Å². The maximum atomic E-state index is 12.5. The summed E-state index contributed by atoms with van der Waals surface area (Å²) in [6, 6.07) is 8.41. The number of carbonyl (C=O) groups is 1. The molecule has 0 radical (unpaired) electrons. The van der Waals surface area contributed by atoms with Crippen molar-refractivity contribution in [1.82, 2.24) is 9.88 Å². The molecular weight excluding hydrogens is 332 g/mol. The fraction of sp³-hybridized carbons (Fsp3) is 0.400. The lowest BCUT2D eigenvalue weighted by Gasteiger charge is -2.25. The van der Waals surface area contributed by atoms with E-state index in [0.717, 1.165) is 34.9 Å². The molecule has 0 spiro atoms. The number of hydrogen-bond acceptors (Lipinski definition) is 4. The van der Waals surface area contributed by atoms with Crippen LogP contribution >= 0.6 is 11.3 Å². The molecule has 0 bridgehead atoms. The number of para-hydroxylation sites is 1. The summed E-state index contributed by atoms with van der Waals surface area (Å²) < 4.78 is 5.90. The van der Waals surface area contributed by atoms with Gasteiger partial charge in [-0.15, -0.1) is 11.3 Å². The fourth-order valence-corrected chi connectivity index (χ4v) is 3.43. The highest BCUT2D eigenvalue weighted by Crippen LogP contribution is 2.29. The molecule has 5 heteroatoms. The first kappa shape index (κ1) is 17.7. The first-order valence-corrected chi connectivity index (χ1v) is 9.56. The molecular formula is C20H24N2O2S. The number of hydrogen-bond donors (Lipinski definition) is 0. The summed E-state index contributed by atoms with van der Waals surface area (Å²) in [6.45, 7) is 6.55. The number of ether oxygens (including phenoxy) is 1. The highest BCUT2D eigenvalue weighted by Gasteiger charge is 2.33. The lowest BCUT2D eigenvalue weighted by molar-refractivity contribution is -0.128. The number of nitrogens with zero attached hydrogens (tertiary/aromatic N) is 2. The zero-order valence-electron chi connectivity index (χ0n) is 14.9. The van der Waals surface area contributed by atoms with E-state index in [0.29, 0.717) is 12.6 Å². The summed E-state index contributed by atoms with van der Waals surface area (Å²) in [5.74, 6) is 0.835. The van der Waals surface area contributed by atoms with Crippen LogP contribution in [0, 0.1) is 6.92 Å². The highest BCUT2D eigenvalue weighted by molar-refractivity contribution is 7.09. The molecule has 0 aliphatic heterocycles. The van der Waals surface area contributed by atoms with Crippen molar-refractivity contribution in [2.75, 3.05) is 0 Å². The number of benzene rings is 1. The topological polar surface area (TPSA) is 42.4 Å². The molecule has 1 aliphatic rings. The molecule has 1 aromatic carbocycles. The van der Waals surface area contributed by atoms with Gasteiger partial charge in [-0.25, -0.2) is 4.98 Å². The molecule has 132 valence electrons. The van der Waals surface area contributed by atoms with Crippen molar-refractivity contribution in [1.29, 1.82) is 0 Å². The van der Waals surface area contributed by atoms with Gasteiger partial charge in [0.2, 0.25) is 5.91 Å². The van der Waals surface area contributed by atoms with Gasteiger partial charge < -0.3 is 9.64 Å². The van der Waals surface area contributed by atoms with Gasteiger partial charge in [0.05, 0.1) is 10.7 Å². The van der Waals surface area contributed by atoms with Gasteiger partial charge in [-0.1, -0.05) is 18.2 Å². The third-order valence-electron chi connectivity index (χ3n) is 4.12. The highest BCUT2D eigenvalue weighted by atomic mass is 32.1. The normalized spacial score (nSPS) is 14.2. The molecule has 25 heavy (non-hydrogen) atoms. The van der Waals surface area contributed by atoms with Crippen LogP contribution in [0.5, 0.6) is 5.75 Å². The average molecular weight is 356 g/mol. The Hall–Kier alpha value is -2.14. The van der Waals surface area contributed by atoms with E-state index in [1.54, 1.807) is 17.4 Å². The molecule has 1 amide bonds. The van der Waals surface area contributed by atoms with Crippen molar-refractivity contribution in [3.05, 3.63) is 52.0 Å². The lowest BCUT2D eigenvalue weighted by Crippen LogP contribution is -2.37. The van der Waals surface area contributed by atoms with Gasteiger partial charge in [0.15, 0.2) is 0 Å². The molecule has 0 atom stereocenters. The number of aromatic nitrogens is 1. The summed E-state index contributed by atoms with van der Waals surface area (Å²) in [5.41, 5.74) is 1.83. The molecule has 0 unspecified atom stereocenters. The average Bonchev–Trinajstić information content (AvgIpc) is 3.32. The molecule has 0 saturated heterocycles. The van der Waals surface area contributed by atoms with E-state index in [1.165, 1.54) is 0 Å². The van der Waals surface area contributed by atoms with Gasteiger partial charge >= 0.3 is 0 Å². The summed E-state index contributed by atoms with van der Waals surface area (Å²) in [5, 5.41) is 3.04. The van der Waals surface area contributed by atoms with Gasteiger partial charge in [0.25, 0.3) is 0 Å². The molecule has 2 aromatic rings. The van der Waals surface area contributed by atoms with Gasteiger partial charge in [0, 0.05) is 29.1 Å². The van der Waals surface area contributed by atoms with Gasteiger partial charge in [-0.05, 0) is 45.8 Å². The summed E-state index contributed by atoms with van der Waals surface area (Å²) in [4.78, 5) is 18.9. The molecule has 1 saturated carbocycles. The summed E-state index contributed by atoms with van der Waals surface area (Å²) >= 11 is 1.62. The monoisotopic (exact) mass is 356 g/mol. The first-order valence-electron chi connectivity index (χ1n) is 8.68. The SMILES string of the molecule is Cc1nc(COc2ccccc2/C=C/C(=O)N(C(C)C)C2CC2)cs1. The lowest BCUT2D eigenvalue weighted by atomic mass is 10.1. The molecule has 1 heterocycles. The van der Waals surface area contributed by atoms with Crippen LogP contribution in [0.3, 0.4) is 0 Å². The van der Waals surface area contributed by atoms with Gasteiger partial charge in [0.1, 0.15) is 12.4 Å². The minimum atomic E-state index is 0.0717. The zero-order valence-corrected chi connectivity index (χ0v) is 15.8. The molecule has 3 rings (SSSR count). The van der Waals surface area contributed by atoms with Crippen molar-refractivity contribution < 1.29 is 9.53 Å². The van der Waals surface area contributed by atoms with Crippen LogP contribution in [0.2, 0.25) is 0 Å². The van der Waals surface area contributed by atoms with Gasteiger partial charge in [-0.2, -0.15) is 0 Å². The van der Waals surface area contributed by atoms with E-state index < -0.39 is 0 Å². The van der Waals surface area contributed by atoms with E-state index >= 15 is 0 Å². The number of amides is 1. The molecule has 1 aliphatic carbocycles. The Kier molecular flexibility index (Phi) is 5.53. The molecule has 1 fully saturated rings. The Morgan fingerprint density at radius 2 is 2.16 bits per heavy atom. The van der Waals surface area contributed by atoms with Crippen LogP contribution in [0.15, 0.2) is 35.7 Å². The third-order valence-corrected chi connectivity index (χ3v) is 4.94. The molecule has 1 aromatic heterocycles. The summed E-state index contributed by atoms with van der Waals surface area (Å²) in [6.07, 6.45) is 5.74. The van der Waals surface area contributed by atoms with E-state index in [2.05, 4.69) is 18.8 Å². The summed E-state index contributed by atoms with van der Waals surface area (Å²) in [7, 11) is 0. The van der Waals surface area contributed by atoms with Crippen molar-refractivity contribution in [2.24, 2.45) is 0 Å². The van der Waals surface area contributed by atoms with Crippen LogP contribution in [0.1, 0.15) is 43.0 Å². The van der Waals surface area contributed by atoms with E-state index in [4.69, 9.17) is 4.74 Å². The van der Waals surface area contributed by atoms with Crippen LogP contribution < -0.4 is 4.74 Å². The Morgan fingerprint density at radius 3 is 2.80 bits per heavy atom. The Labute approximate surface area is 153 Å². The van der Waals surface area contributed by atoms with Crippen molar-refractivity contribution in [2.45, 2.75) is 52.3 Å². The number of aryl methyl sites for hydroxylation is 1. The maximum absolute atomic E-state index is 12.5. The number of thiazole rings is 1. The van der Waals surface area contributed by atoms with Crippen molar-refractivity contribution in [3.63, 3.8) is 0 Å². The number of rotatable bonds is 7. The largest absolute Gasteiger partial charge is 0.487 e. The Morgan fingerprint density at radius 1 is 1.40 bits per heavy atom. The standard InChI is InChI=1S/C20H24N2O2S/c1-14(2)22(18-9-10-18)20(23)11-8-16-6-4-5-7-19(16)24-12-17-13-25-15(3)21-17/h4-8,11,13-14,18H,9-10,12H2,1-3H3/b11-8+.